The SMILES string of the molecule is CC(C)(C)c1ncoc1I. The maximum absolute atomic E-state index is 5.07. The van der Waals surface area contributed by atoms with Gasteiger partial charge in [-0.05, 0) is 0 Å². The molecule has 2 nitrogen and oxygen atoms in total. The molecule has 0 aliphatic heterocycles. The van der Waals surface area contributed by atoms with Crippen molar-refractivity contribution < 1.29 is 4.42 Å². The summed E-state index contributed by atoms with van der Waals surface area (Å²) in [5, 5.41) is 0. The summed E-state index contributed by atoms with van der Waals surface area (Å²) in [6, 6.07) is 0. The van der Waals surface area contributed by atoms with Crippen LogP contribution in [0.3, 0.4) is 0 Å². The van der Waals surface area contributed by atoms with Gasteiger partial charge in [-0.2, -0.15) is 0 Å². The molecule has 0 spiro atoms. The van der Waals surface area contributed by atoms with Gasteiger partial charge in [0.15, 0.2) is 10.2 Å². The predicted molar refractivity (Wildman–Crippen MR) is 47.9 cm³/mol. The summed E-state index contributed by atoms with van der Waals surface area (Å²) < 4.78 is 5.96. The lowest BCUT2D eigenvalue weighted by Crippen LogP contribution is -2.12. The molecule has 0 fully saturated rings. The fraction of sp³-hybridized carbons (Fsp3) is 0.571. The molecule has 56 valence electrons. The smallest absolute Gasteiger partial charge is 0.187 e. The van der Waals surface area contributed by atoms with Gasteiger partial charge in [-0.25, -0.2) is 4.98 Å². The second-order valence-corrected chi connectivity index (χ2v) is 4.20. The zero-order chi connectivity index (χ0) is 7.78. The van der Waals surface area contributed by atoms with Crippen LogP contribution in [0.4, 0.5) is 0 Å². The Labute approximate surface area is 74.2 Å². The molecular formula is C7H10INO. The summed E-state index contributed by atoms with van der Waals surface area (Å²) in [7, 11) is 0. The maximum Gasteiger partial charge on any atom is 0.187 e. The molecule has 0 atom stereocenters. The van der Waals surface area contributed by atoms with Gasteiger partial charge in [0.1, 0.15) is 0 Å². The van der Waals surface area contributed by atoms with Crippen LogP contribution < -0.4 is 0 Å². The number of rotatable bonds is 0. The van der Waals surface area contributed by atoms with E-state index in [9.17, 15) is 0 Å². The van der Waals surface area contributed by atoms with Gasteiger partial charge in [0.25, 0.3) is 0 Å². The lowest BCUT2D eigenvalue weighted by atomic mass is 9.93. The fourth-order valence-electron chi connectivity index (χ4n) is 0.720. The molecule has 0 saturated carbocycles. The van der Waals surface area contributed by atoms with Crippen molar-refractivity contribution in [2.24, 2.45) is 0 Å². The molecule has 10 heavy (non-hydrogen) atoms. The summed E-state index contributed by atoms with van der Waals surface area (Å²) in [6.07, 6.45) is 1.49. The molecule has 0 amide bonds. The minimum atomic E-state index is 0.101. The van der Waals surface area contributed by atoms with E-state index in [2.05, 4.69) is 48.3 Å². The number of oxazole rings is 1. The monoisotopic (exact) mass is 251 g/mol. The first-order valence-corrected chi connectivity index (χ1v) is 4.19. The van der Waals surface area contributed by atoms with Crippen LogP contribution in [0.25, 0.3) is 0 Å². The highest BCUT2D eigenvalue weighted by molar-refractivity contribution is 14.1. The van der Waals surface area contributed by atoms with Crippen LogP contribution in [-0.4, -0.2) is 4.98 Å². The topological polar surface area (TPSA) is 26.0 Å². The number of hydrogen-bond acceptors (Lipinski definition) is 2. The third kappa shape index (κ3) is 1.51. The zero-order valence-corrected chi connectivity index (χ0v) is 8.47. The minimum absolute atomic E-state index is 0.101. The van der Waals surface area contributed by atoms with Crippen LogP contribution in [0.15, 0.2) is 10.8 Å². The molecule has 0 aromatic carbocycles. The Kier molecular flexibility index (Phi) is 2.03. The first kappa shape index (κ1) is 8.04. The average Bonchev–Trinajstić information content (AvgIpc) is 2.11. The van der Waals surface area contributed by atoms with E-state index in [1.807, 2.05) is 0 Å². The molecule has 3 heteroatoms. The van der Waals surface area contributed by atoms with Gasteiger partial charge in [0.05, 0.1) is 5.69 Å². The first-order valence-electron chi connectivity index (χ1n) is 3.11. The van der Waals surface area contributed by atoms with Crippen LogP contribution >= 0.6 is 22.6 Å². The average molecular weight is 251 g/mol. The molecule has 1 aromatic rings. The summed E-state index contributed by atoms with van der Waals surface area (Å²) >= 11 is 2.15. The number of aromatic nitrogens is 1. The van der Waals surface area contributed by atoms with Crippen molar-refractivity contribution >= 4 is 22.6 Å². The molecule has 0 aliphatic carbocycles. The van der Waals surface area contributed by atoms with Crippen LogP contribution in [0.5, 0.6) is 0 Å². The Morgan fingerprint density at radius 3 is 2.30 bits per heavy atom. The van der Waals surface area contributed by atoms with Crippen LogP contribution in [-0.2, 0) is 5.41 Å². The summed E-state index contributed by atoms with van der Waals surface area (Å²) in [5.41, 5.74) is 1.14. The minimum Gasteiger partial charge on any atom is -0.437 e. The Balaban J connectivity index is 3.05. The molecule has 0 N–H and O–H groups in total. The van der Waals surface area contributed by atoms with Gasteiger partial charge in [-0.3, -0.25) is 0 Å². The first-order chi connectivity index (χ1) is 4.52. The van der Waals surface area contributed by atoms with E-state index >= 15 is 0 Å². The molecular weight excluding hydrogens is 241 g/mol. The summed E-state index contributed by atoms with van der Waals surface area (Å²) in [5.74, 6) is 0. The quantitative estimate of drug-likeness (QED) is 0.662. The zero-order valence-electron chi connectivity index (χ0n) is 6.31. The van der Waals surface area contributed by atoms with E-state index in [0.717, 1.165) is 9.46 Å². The molecule has 1 heterocycles. The van der Waals surface area contributed by atoms with Gasteiger partial charge in [-0.1, -0.05) is 20.8 Å². The molecule has 0 bridgehead atoms. The third-order valence-electron chi connectivity index (χ3n) is 1.23. The van der Waals surface area contributed by atoms with Crippen molar-refractivity contribution in [2.45, 2.75) is 26.2 Å². The lowest BCUT2D eigenvalue weighted by Gasteiger charge is -2.14. The highest BCUT2D eigenvalue weighted by Gasteiger charge is 2.20. The number of hydrogen-bond donors (Lipinski definition) is 0. The van der Waals surface area contributed by atoms with E-state index in [0.29, 0.717) is 0 Å². The van der Waals surface area contributed by atoms with Gasteiger partial charge >= 0.3 is 0 Å². The molecule has 0 saturated heterocycles. The summed E-state index contributed by atoms with van der Waals surface area (Å²) in [6.45, 7) is 6.35. The molecule has 0 radical (unpaired) electrons. The molecule has 0 aliphatic rings. The van der Waals surface area contributed by atoms with Gasteiger partial charge < -0.3 is 4.42 Å². The Morgan fingerprint density at radius 2 is 2.10 bits per heavy atom. The normalized spacial score (nSPS) is 12.0. The van der Waals surface area contributed by atoms with E-state index in [1.165, 1.54) is 6.39 Å². The maximum atomic E-state index is 5.07. The van der Waals surface area contributed by atoms with Crippen molar-refractivity contribution in [1.29, 1.82) is 0 Å². The largest absolute Gasteiger partial charge is 0.437 e. The van der Waals surface area contributed by atoms with Crippen molar-refractivity contribution in [2.75, 3.05) is 0 Å². The summed E-state index contributed by atoms with van der Waals surface area (Å²) in [4.78, 5) is 4.11. The molecule has 1 aromatic heterocycles. The number of nitrogens with zero attached hydrogens (tertiary/aromatic N) is 1. The van der Waals surface area contributed by atoms with E-state index < -0.39 is 0 Å². The Bertz CT molecular complexity index is 224. The van der Waals surface area contributed by atoms with E-state index in [1.54, 1.807) is 0 Å². The van der Waals surface area contributed by atoms with Crippen molar-refractivity contribution in [3.8, 4) is 0 Å². The van der Waals surface area contributed by atoms with Gasteiger partial charge in [-0.15, -0.1) is 0 Å². The highest BCUT2D eigenvalue weighted by atomic mass is 127. The van der Waals surface area contributed by atoms with Crippen molar-refractivity contribution in [3.63, 3.8) is 0 Å². The van der Waals surface area contributed by atoms with Crippen molar-refractivity contribution in [3.05, 3.63) is 15.9 Å². The second-order valence-electron chi connectivity index (χ2n) is 3.22. The van der Waals surface area contributed by atoms with Crippen molar-refractivity contribution in [1.82, 2.24) is 4.98 Å². The predicted octanol–water partition coefficient (Wildman–Crippen LogP) is 2.58. The second kappa shape index (κ2) is 2.53. The van der Waals surface area contributed by atoms with Crippen LogP contribution in [0.1, 0.15) is 26.5 Å². The third-order valence-corrected chi connectivity index (χ3v) is 2.00. The Morgan fingerprint density at radius 1 is 1.50 bits per heavy atom. The highest BCUT2D eigenvalue weighted by Crippen LogP contribution is 2.24. The van der Waals surface area contributed by atoms with Crippen LogP contribution in [0, 0.1) is 3.77 Å². The van der Waals surface area contributed by atoms with Crippen LogP contribution in [0.2, 0.25) is 0 Å². The lowest BCUT2D eigenvalue weighted by molar-refractivity contribution is 0.509. The Hall–Kier alpha value is -0.0600. The van der Waals surface area contributed by atoms with E-state index in [4.69, 9.17) is 4.42 Å². The molecule has 1 rings (SSSR count). The van der Waals surface area contributed by atoms with Gasteiger partial charge in [0.2, 0.25) is 0 Å². The van der Waals surface area contributed by atoms with E-state index in [-0.39, 0.29) is 5.41 Å². The van der Waals surface area contributed by atoms with Gasteiger partial charge in [0, 0.05) is 28.0 Å². The molecule has 0 unspecified atom stereocenters. The standard InChI is InChI=1S/C7H10INO/c1-7(2,3)5-6(8)10-4-9-5/h4H,1-3H3. The fourth-order valence-corrected chi connectivity index (χ4v) is 1.78. The number of halogens is 1.